The molecule has 1 heterocycles. The quantitative estimate of drug-likeness (QED) is 0.297. The van der Waals surface area contributed by atoms with E-state index < -0.39 is 17.8 Å². The molecule has 2 amide bonds. The van der Waals surface area contributed by atoms with Crippen molar-refractivity contribution in [2.75, 3.05) is 10.2 Å². The molecule has 0 aliphatic carbocycles. The van der Waals surface area contributed by atoms with Crippen molar-refractivity contribution in [3.63, 3.8) is 0 Å². The van der Waals surface area contributed by atoms with Crippen LogP contribution >= 0.6 is 11.6 Å². The van der Waals surface area contributed by atoms with E-state index in [9.17, 15) is 14.4 Å². The average Bonchev–Trinajstić information content (AvgIpc) is 2.99. The fourth-order valence-electron chi connectivity index (χ4n) is 3.70. The molecule has 0 spiro atoms. The number of carbonyl (C=O) groups excluding carboxylic acids is 3. The molecule has 0 saturated heterocycles. The SMILES string of the molecule is Cc1cc(C)cc(N2C(=O)C(Cl)=C(Nc3ccc(C(=O)Oc4ccc(C)c(C)c4)cc3)C2=O)c1. The fraction of sp³-hybridized carbons (Fsp3) is 0.148. The highest BCUT2D eigenvalue weighted by atomic mass is 35.5. The summed E-state index contributed by atoms with van der Waals surface area (Å²) in [7, 11) is 0. The molecule has 0 aromatic heterocycles. The lowest BCUT2D eigenvalue weighted by molar-refractivity contribution is -0.120. The van der Waals surface area contributed by atoms with Gasteiger partial charge in [-0.1, -0.05) is 23.7 Å². The van der Waals surface area contributed by atoms with Crippen LogP contribution in [0.25, 0.3) is 0 Å². The van der Waals surface area contributed by atoms with Gasteiger partial charge in [0.25, 0.3) is 11.8 Å². The van der Waals surface area contributed by atoms with E-state index in [1.807, 2.05) is 45.9 Å². The second-order valence-electron chi connectivity index (χ2n) is 8.32. The summed E-state index contributed by atoms with van der Waals surface area (Å²) in [5.41, 5.74) is 5.28. The number of aryl methyl sites for hydroxylation is 4. The highest BCUT2D eigenvalue weighted by molar-refractivity contribution is 6.53. The molecule has 0 saturated carbocycles. The number of rotatable bonds is 5. The number of nitrogens with zero attached hydrogens (tertiary/aromatic N) is 1. The monoisotopic (exact) mass is 474 g/mol. The molecule has 0 unspecified atom stereocenters. The lowest BCUT2D eigenvalue weighted by Gasteiger charge is -2.16. The van der Waals surface area contributed by atoms with Gasteiger partial charge in [-0.15, -0.1) is 0 Å². The number of carbonyl (C=O) groups is 3. The first-order chi connectivity index (χ1) is 16.1. The number of nitrogens with one attached hydrogen (secondary N) is 1. The van der Waals surface area contributed by atoms with Gasteiger partial charge < -0.3 is 10.1 Å². The molecule has 0 radical (unpaired) electrons. The molecule has 6 nitrogen and oxygen atoms in total. The number of halogens is 1. The third-order valence-electron chi connectivity index (χ3n) is 5.57. The number of benzene rings is 3. The van der Waals surface area contributed by atoms with Crippen LogP contribution in [0.15, 0.2) is 71.4 Å². The molecular weight excluding hydrogens is 452 g/mol. The first kappa shape index (κ1) is 23.3. The van der Waals surface area contributed by atoms with Crippen LogP contribution in [-0.4, -0.2) is 17.8 Å². The van der Waals surface area contributed by atoms with Gasteiger partial charge >= 0.3 is 5.97 Å². The van der Waals surface area contributed by atoms with E-state index in [-0.39, 0.29) is 10.7 Å². The standard InChI is InChI=1S/C27H23ClN2O4/c1-15-11-16(2)13-21(12-15)30-25(31)23(28)24(26(30)32)29-20-8-6-19(7-9-20)27(33)34-22-10-5-17(3)18(4)14-22/h5-14,29H,1-4H3. The fourth-order valence-corrected chi connectivity index (χ4v) is 3.92. The summed E-state index contributed by atoms with van der Waals surface area (Å²) >= 11 is 6.22. The first-order valence-electron chi connectivity index (χ1n) is 10.7. The molecule has 0 fully saturated rings. The van der Waals surface area contributed by atoms with E-state index in [0.29, 0.717) is 22.7 Å². The van der Waals surface area contributed by atoms with Gasteiger partial charge in [-0.2, -0.15) is 0 Å². The lowest BCUT2D eigenvalue weighted by atomic mass is 10.1. The summed E-state index contributed by atoms with van der Waals surface area (Å²) in [6, 6.07) is 17.3. The minimum absolute atomic E-state index is 0.0173. The number of hydrogen-bond donors (Lipinski definition) is 1. The maximum absolute atomic E-state index is 13.0. The highest BCUT2D eigenvalue weighted by Gasteiger charge is 2.39. The molecule has 34 heavy (non-hydrogen) atoms. The van der Waals surface area contributed by atoms with Crippen molar-refractivity contribution in [1.29, 1.82) is 0 Å². The molecule has 3 aromatic carbocycles. The Balaban J connectivity index is 1.49. The molecule has 3 aromatic rings. The van der Waals surface area contributed by atoms with E-state index in [4.69, 9.17) is 16.3 Å². The van der Waals surface area contributed by atoms with Gasteiger partial charge in [0, 0.05) is 5.69 Å². The van der Waals surface area contributed by atoms with Crippen LogP contribution in [0.4, 0.5) is 11.4 Å². The molecule has 0 bridgehead atoms. The van der Waals surface area contributed by atoms with Crippen LogP contribution < -0.4 is 15.0 Å². The van der Waals surface area contributed by atoms with Crippen LogP contribution in [0.1, 0.15) is 32.6 Å². The van der Waals surface area contributed by atoms with Crippen molar-refractivity contribution in [2.45, 2.75) is 27.7 Å². The average molecular weight is 475 g/mol. The van der Waals surface area contributed by atoms with Gasteiger partial charge in [-0.05, 0) is 98.5 Å². The zero-order chi connectivity index (χ0) is 24.6. The third-order valence-corrected chi connectivity index (χ3v) is 5.92. The first-order valence-corrected chi connectivity index (χ1v) is 11.0. The van der Waals surface area contributed by atoms with E-state index in [2.05, 4.69) is 5.32 Å². The van der Waals surface area contributed by atoms with Gasteiger partial charge in [-0.25, -0.2) is 9.69 Å². The minimum Gasteiger partial charge on any atom is -0.423 e. The van der Waals surface area contributed by atoms with Crippen LogP contribution in [0.2, 0.25) is 0 Å². The van der Waals surface area contributed by atoms with Gasteiger partial charge in [0.15, 0.2) is 0 Å². The summed E-state index contributed by atoms with van der Waals surface area (Å²) in [6.45, 7) is 7.71. The summed E-state index contributed by atoms with van der Waals surface area (Å²) < 4.78 is 5.44. The number of amides is 2. The Morgan fingerprint density at radius 3 is 2.09 bits per heavy atom. The number of anilines is 2. The Hall–Kier alpha value is -3.90. The molecule has 1 aliphatic rings. The van der Waals surface area contributed by atoms with Crippen molar-refractivity contribution < 1.29 is 19.1 Å². The number of esters is 1. The second kappa shape index (κ2) is 9.15. The molecular formula is C27H23ClN2O4. The van der Waals surface area contributed by atoms with Gasteiger partial charge in [0.2, 0.25) is 0 Å². The summed E-state index contributed by atoms with van der Waals surface area (Å²) in [4.78, 5) is 39.3. The maximum Gasteiger partial charge on any atom is 0.343 e. The summed E-state index contributed by atoms with van der Waals surface area (Å²) in [6.07, 6.45) is 0. The second-order valence-corrected chi connectivity index (χ2v) is 8.70. The Kier molecular flexibility index (Phi) is 6.26. The van der Waals surface area contributed by atoms with Crippen LogP contribution in [0, 0.1) is 27.7 Å². The smallest absolute Gasteiger partial charge is 0.343 e. The lowest BCUT2D eigenvalue weighted by Crippen LogP contribution is -2.32. The van der Waals surface area contributed by atoms with Crippen LogP contribution in [0.3, 0.4) is 0 Å². The van der Waals surface area contributed by atoms with Gasteiger partial charge in [0.05, 0.1) is 11.3 Å². The number of imide groups is 1. The Morgan fingerprint density at radius 2 is 1.47 bits per heavy atom. The number of ether oxygens (including phenoxy) is 1. The molecule has 0 atom stereocenters. The predicted molar refractivity (Wildman–Crippen MR) is 132 cm³/mol. The van der Waals surface area contributed by atoms with E-state index in [1.165, 1.54) is 0 Å². The third kappa shape index (κ3) is 4.58. The largest absolute Gasteiger partial charge is 0.423 e. The van der Waals surface area contributed by atoms with Crippen LogP contribution in [-0.2, 0) is 9.59 Å². The molecule has 4 rings (SSSR count). The molecule has 7 heteroatoms. The normalized spacial score (nSPS) is 13.5. The van der Waals surface area contributed by atoms with Crippen molar-refractivity contribution >= 4 is 40.8 Å². The highest BCUT2D eigenvalue weighted by Crippen LogP contribution is 2.31. The van der Waals surface area contributed by atoms with Gasteiger partial charge in [-0.3, -0.25) is 9.59 Å². The molecule has 1 aliphatic heterocycles. The molecule has 1 N–H and O–H groups in total. The summed E-state index contributed by atoms with van der Waals surface area (Å²) in [5, 5.41) is 2.72. The van der Waals surface area contributed by atoms with Crippen molar-refractivity contribution in [3.8, 4) is 5.75 Å². The van der Waals surface area contributed by atoms with E-state index >= 15 is 0 Å². The van der Waals surface area contributed by atoms with Crippen molar-refractivity contribution in [3.05, 3.63) is 99.2 Å². The van der Waals surface area contributed by atoms with E-state index in [1.54, 1.807) is 42.5 Å². The Morgan fingerprint density at radius 1 is 0.824 bits per heavy atom. The zero-order valence-corrected chi connectivity index (χ0v) is 20.0. The summed E-state index contributed by atoms with van der Waals surface area (Å²) in [5.74, 6) is -1.17. The topological polar surface area (TPSA) is 75.7 Å². The van der Waals surface area contributed by atoms with E-state index in [0.717, 1.165) is 27.2 Å². The van der Waals surface area contributed by atoms with Crippen molar-refractivity contribution in [1.82, 2.24) is 0 Å². The zero-order valence-electron chi connectivity index (χ0n) is 19.2. The Labute approximate surface area is 202 Å². The minimum atomic E-state index is -0.590. The van der Waals surface area contributed by atoms with Gasteiger partial charge in [0.1, 0.15) is 16.5 Å². The number of hydrogen-bond acceptors (Lipinski definition) is 5. The van der Waals surface area contributed by atoms with Crippen LogP contribution in [0.5, 0.6) is 5.75 Å². The molecule has 172 valence electrons. The maximum atomic E-state index is 13.0. The predicted octanol–water partition coefficient (Wildman–Crippen LogP) is 5.58. The van der Waals surface area contributed by atoms with Crippen molar-refractivity contribution in [2.24, 2.45) is 0 Å². The Bertz CT molecular complexity index is 1340.